The summed E-state index contributed by atoms with van der Waals surface area (Å²) in [6.45, 7) is 7.15. The van der Waals surface area contributed by atoms with E-state index in [1.165, 1.54) is 6.92 Å². The fraction of sp³-hybridized carbons (Fsp3) is 0.778. The SMILES string of the molecule is CCC(C)(C)C(=O)CC(C)=O. The minimum Gasteiger partial charge on any atom is -0.300 e. The zero-order chi connectivity index (χ0) is 9.07. The Labute approximate surface area is 68.0 Å². The van der Waals surface area contributed by atoms with Gasteiger partial charge in [-0.1, -0.05) is 20.8 Å². The van der Waals surface area contributed by atoms with Crippen LogP contribution in [0.3, 0.4) is 0 Å². The zero-order valence-corrected chi connectivity index (χ0v) is 7.73. The number of ketones is 2. The van der Waals surface area contributed by atoms with Gasteiger partial charge in [0.1, 0.15) is 11.6 Å². The molecule has 0 bridgehead atoms. The Morgan fingerprint density at radius 2 is 1.73 bits per heavy atom. The topological polar surface area (TPSA) is 34.1 Å². The fourth-order valence-corrected chi connectivity index (χ4v) is 0.663. The molecule has 0 saturated carbocycles. The number of hydrogen-bond donors (Lipinski definition) is 0. The Bertz CT molecular complexity index is 168. The standard InChI is InChI=1S/C9H16O2/c1-5-9(3,4)8(11)6-7(2)10/h5-6H2,1-4H3. The van der Waals surface area contributed by atoms with Crippen LogP contribution in [0.1, 0.15) is 40.5 Å². The third-order valence-electron chi connectivity index (χ3n) is 2.05. The molecule has 0 atom stereocenters. The third kappa shape index (κ3) is 3.30. The van der Waals surface area contributed by atoms with Gasteiger partial charge < -0.3 is 0 Å². The van der Waals surface area contributed by atoms with Gasteiger partial charge in [-0.2, -0.15) is 0 Å². The van der Waals surface area contributed by atoms with Crippen molar-refractivity contribution in [1.82, 2.24) is 0 Å². The van der Waals surface area contributed by atoms with E-state index in [0.717, 1.165) is 6.42 Å². The highest BCUT2D eigenvalue weighted by Crippen LogP contribution is 2.22. The number of rotatable bonds is 4. The normalized spacial score (nSPS) is 11.3. The Hall–Kier alpha value is -0.660. The largest absolute Gasteiger partial charge is 0.300 e. The van der Waals surface area contributed by atoms with Crippen LogP contribution in [0, 0.1) is 5.41 Å². The summed E-state index contributed by atoms with van der Waals surface area (Å²) >= 11 is 0. The summed E-state index contributed by atoms with van der Waals surface area (Å²) in [4.78, 5) is 21.9. The molecule has 0 aliphatic carbocycles. The van der Waals surface area contributed by atoms with Gasteiger partial charge in [-0.15, -0.1) is 0 Å². The summed E-state index contributed by atoms with van der Waals surface area (Å²) in [5, 5.41) is 0. The number of carbonyl (C=O) groups excluding carboxylic acids is 2. The summed E-state index contributed by atoms with van der Waals surface area (Å²) in [7, 11) is 0. The molecule has 11 heavy (non-hydrogen) atoms. The fourth-order valence-electron chi connectivity index (χ4n) is 0.663. The van der Waals surface area contributed by atoms with Gasteiger partial charge in [0, 0.05) is 5.41 Å². The molecule has 64 valence electrons. The molecule has 0 saturated heterocycles. The maximum atomic E-state index is 11.3. The zero-order valence-electron chi connectivity index (χ0n) is 7.73. The van der Waals surface area contributed by atoms with Crippen molar-refractivity contribution in [2.45, 2.75) is 40.5 Å². The van der Waals surface area contributed by atoms with Gasteiger partial charge in [-0.3, -0.25) is 9.59 Å². The van der Waals surface area contributed by atoms with Crippen molar-refractivity contribution in [2.24, 2.45) is 5.41 Å². The van der Waals surface area contributed by atoms with Crippen molar-refractivity contribution < 1.29 is 9.59 Å². The molecule has 2 heteroatoms. The molecule has 0 spiro atoms. The highest BCUT2D eigenvalue weighted by molar-refractivity contribution is 6.00. The van der Waals surface area contributed by atoms with E-state index in [9.17, 15) is 9.59 Å². The quantitative estimate of drug-likeness (QED) is 0.583. The lowest BCUT2D eigenvalue weighted by Crippen LogP contribution is -2.24. The first-order valence-electron chi connectivity index (χ1n) is 3.93. The Morgan fingerprint density at radius 1 is 1.27 bits per heavy atom. The minimum atomic E-state index is -0.328. The first kappa shape index (κ1) is 10.3. The molecule has 0 aliphatic rings. The van der Waals surface area contributed by atoms with Crippen molar-refractivity contribution in [2.75, 3.05) is 0 Å². The summed E-state index contributed by atoms with van der Waals surface area (Å²) in [5.74, 6) is 0.00373. The average Bonchev–Trinajstić information content (AvgIpc) is 1.86. The van der Waals surface area contributed by atoms with Gasteiger partial charge in [0.05, 0.1) is 6.42 Å². The summed E-state index contributed by atoms with van der Waals surface area (Å²) < 4.78 is 0. The molecule has 0 N–H and O–H groups in total. The van der Waals surface area contributed by atoms with Crippen LogP contribution in [0.15, 0.2) is 0 Å². The lowest BCUT2D eigenvalue weighted by atomic mass is 9.83. The van der Waals surface area contributed by atoms with Crippen LogP contribution >= 0.6 is 0 Å². The number of hydrogen-bond acceptors (Lipinski definition) is 2. The van der Waals surface area contributed by atoms with Crippen LogP contribution in [-0.2, 0) is 9.59 Å². The van der Waals surface area contributed by atoms with E-state index >= 15 is 0 Å². The van der Waals surface area contributed by atoms with Crippen molar-refractivity contribution in [3.05, 3.63) is 0 Å². The lowest BCUT2D eigenvalue weighted by Gasteiger charge is -2.19. The van der Waals surface area contributed by atoms with E-state index in [2.05, 4.69) is 0 Å². The van der Waals surface area contributed by atoms with E-state index in [1.807, 2.05) is 20.8 Å². The van der Waals surface area contributed by atoms with Crippen molar-refractivity contribution in [3.63, 3.8) is 0 Å². The van der Waals surface area contributed by atoms with E-state index in [4.69, 9.17) is 0 Å². The van der Waals surface area contributed by atoms with Gasteiger partial charge in [0.2, 0.25) is 0 Å². The monoisotopic (exact) mass is 156 g/mol. The molecule has 0 fully saturated rings. The predicted octanol–water partition coefficient (Wildman–Crippen LogP) is 1.97. The van der Waals surface area contributed by atoms with Crippen molar-refractivity contribution in [1.29, 1.82) is 0 Å². The molecule has 0 unspecified atom stereocenters. The van der Waals surface area contributed by atoms with Gasteiger partial charge in [-0.05, 0) is 13.3 Å². The molecule has 0 heterocycles. The number of carbonyl (C=O) groups is 2. The maximum absolute atomic E-state index is 11.3. The smallest absolute Gasteiger partial charge is 0.145 e. The van der Waals surface area contributed by atoms with Crippen LogP contribution in [0.4, 0.5) is 0 Å². The van der Waals surface area contributed by atoms with Crippen LogP contribution < -0.4 is 0 Å². The van der Waals surface area contributed by atoms with E-state index in [-0.39, 0.29) is 23.4 Å². The highest BCUT2D eigenvalue weighted by atomic mass is 16.1. The second-order valence-corrected chi connectivity index (χ2v) is 3.54. The summed E-state index contributed by atoms with van der Waals surface area (Å²) in [6, 6.07) is 0. The second-order valence-electron chi connectivity index (χ2n) is 3.54. The molecule has 0 rings (SSSR count). The van der Waals surface area contributed by atoms with E-state index < -0.39 is 0 Å². The highest BCUT2D eigenvalue weighted by Gasteiger charge is 2.25. The molecule has 0 radical (unpaired) electrons. The molecular formula is C9H16O2. The van der Waals surface area contributed by atoms with Crippen LogP contribution in [0.25, 0.3) is 0 Å². The molecular weight excluding hydrogens is 140 g/mol. The van der Waals surface area contributed by atoms with Crippen LogP contribution in [-0.4, -0.2) is 11.6 Å². The third-order valence-corrected chi connectivity index (χ3v) is 2.05. The maximum Gasteiger partial charge on any atom is 0.145 e. The average molecular weight is 156 g/mol. The molecule has 0 aromatic heterocycles. The van der Waals surface area contributed by atoms with Crippen LogP contribution in [0.5, 0.6) is 0 Å². The minimum absolute atomic E-state index is 0.0449. The first-order valence-corrected chi connectivity index (χ1v) is 3.93. The van der Waals surface area contributed by atoms with Crippen molar-refractivity contribution >= 4 is 11.6 Å². The van der Waals surface area contributed by atoms with Gasteiger partial charge in [0.15, 0.2) is 0 Å². The van der Waals surface area contributed by atoms with E-state index in [1.54, 1.807) is 0 Å². The Kier molecular flexibility index (Phi) is 3.43. The molecule has 0 aromatic rings. The summed E-state index contributed by atoms with van der Waals surface area (Å²) in [5.41, 5.74) is -0.328. The van der Waals surface area contributed by atoms with Crippen LogP contribution in [0.2, 0.25) is 0 Å². The molecule has 0 aliphatic heterocycles. The predicted molar refractivity (Wildman–Crippen MR) is 44.4 cm³/mol. The lowest BCUT2D eigenvalue weighted by molar-refractivity contribution is -0.131. The first-order chi connectivity index (χ1) is 4.90. The molecule has 0 aromatic carbocycles. The summed E-state index contributed by atoms with van der Waals surface area (Å²) in [6.07, 6.45) is 0.875. The molecule has 2 nitrogen and oxygen atoms in total. The van der Waals surface area contributed by atoms with Gasteiger partial charge >= 0.3 is 0 Å². The van der Waals surface area contributed by atoms with Gasteiger partial charge in [0.25, 0.3) is 0 Å². The molecule has 0 amide bonds. The Balaban J connectivity index is 4.13. The number of Topliss-reactive ketones (excluding diaryl/α,β-unsaturated/α-hetero) is 2. The van der Waals surface area contributed by atoms with Gasteiger partial charge in [-0.25, -0.2) is 0 Å². The Morgan fingerprint density at radius 3 is 2.00 bits per heavy atom. The second kappa shape index (κ2) is 3.65. The van der Waals surface area contributed by atoms with Crippen molar-refractivity contribution in [3.8, 4) is 0 Å². The van der Waals surface area contributed by atoms with E-state index in [0.29, 0.717) is 0 Å².